The minimum Gasteiger partial charge on any atom is -0.492 e. The molecule has 0 N–H and O–H groups in total. The van der Waals surface area contributed by atoms with Crippen molar-refractivity contribution in [2.45, 2.75) is 13.3 Å². The highest BCUT2D eigenvalue weighted by molar-refractivity contribution is 7.51. The molecule has 1 unspecified atom stereocenters. The van der Waals surface area contributed by atoms with Crippen molar-refractivity contribution in [3.8, 4) is 11.5 Å². The van der Waals surface area contributed by atoms with E-state index in [-0.39, 0.29) is 0 Å². The van der Waals surface area contributed by atoms with Gasteiger partial charge in [-0.05, 0) is 65.6 Å². The second kappa shape index (κ2) is 13.3. The van der Waals surface area contributed by atoms with E-state index < -0.39 is 7.75 Å². The van der Waals surface area contributed by atoms with Gasteiger partial charge in [-0.25, -0.2) is 4.57 Å². The molecule has 0 radical (unpaired) electrons. The summed E-state index contributed by atoms with van der Waals surface area (Å²) < 4.78 is 31.6. The van der Waals surface area contributed by atoms with Crippen LogP contribution in [0.5, 0.6) is 11.5 Å². The number of para-hydroxylation sites is 1. The van der Waals surface area contributed by atoms with Gasteiger partial charge in [-0.3, -0.25) is 4.52 Å². The lowest BCUT2D eigenvalue weighted by Gasteiger charge is -2.25. The summed E-state index contributed by atoms with van der Waals surface area (Å²) in [5.74, 6) is 1.23. The van der Waals surface area contributed by atoms with Gasteiger partial charge in [0.25, 0.3) is 0 Å². The first-order chi connectivity index (χ1) is 18.5. The largest absolute Gasteiger partial charge is 0.492 e. The molecular weight excluding hydrogens is 493 g/mol. The SMILES string of the molecule is CCC(=C(c1ccccc1)c1ccc(OCCN(C)P(=O)(OC)Oc2ccccc2)cc1)c1ccccc1. The monoisotopic (exact) mass is 527 g/mol. The minimum absolute atomic E-state index is 0.326. The zero-order chi connectivity index (χ0) is 26.8. The Morgan fingerprint density at radius 1 is 0.711 bits per heavy atom. The molecule has 0 saturated carbocycles. The van der Waals surface area contributed by atoms with Crippen LogP contribution in [0.3, 0.4) is 0 Å². The molecule has 0 heterocycles. The van der Waals surface area contributed by atoms with E-state index in [0.717, 1.165) is 17.7 Å². The molecule has 5 nitrogen and oxygen atoms in total. The smallest absolute Gasteiger partial charge is 0.460 e. The minimum atomic E-state index is -3.49. The van der Waals surface area contributed by atoms with Gasteiger partial charge in [0.05, 0.1) is 0 Å². The summed E-state index contributed by atoms with van der Waals surface area (Å²) in [5.41, 5.74) is 6.03. The first-order valence-electron chi connectivity index (χ1n) is 12.7. The number of nitrogens with zero attached hydrogens (tertiary/aromatic N) is 1. The highest BCUT2D eigenvalue weighted by atomic mass is 31.2. The van der Waals surface area contributed by atoms with Crippen LogP contribution in [-0.4, -0.2) is 32.0 Å². The third kappa shape index (κ3) is 6.81. The molecule has 1 atom stereocenters. The summed E-state index contributed by atoms with van der Waals surface area (Å²) in [4.78, 5) is 0. The zero-order valence-corrected chi connectivity index (χ0v) is 23.0. The average molecular weight is 528 g/mol. The first kappa shape index (κ1) is 27.4. The molecule has 4 aromatic rings. The highest BCUT2D eigenvalue weighted by Gasteiger charge is 2.31. The molecule has 0 saturated heterocycles. The van der Waals surface area contributed by atoms with Crippen LogP contribution in [0.4, 0.5) is 0 Å². The normalized spacial score (nSPS) is 13.5. The maximum absolute atomic E-state index is 13.2. The van der Waals surface area contributed by atoms with E-state index in [1.165, 1.54) is 29.4 Å². The van der Waals surface area contributed by atoms with Crippen molar-refractivity contribution in [1.29, 1.82) is 0 Å². The predicted molar refractivity (Wildman–Crippen MR) is 155 cm³/mol. The van der Waals surface area contributed by atoms with Crippen molar-refractivity contribution in [3.63, 3.8) is 0 Å². The van der Waals surface area contributed by atoms with Crippen LogP contribution in [0, 0.1) is 0 Å². The Balaban J connectivity index is 1.48. The van der Waals surface area contributed by atoms with Gasteiger partial charge in [-0.15, -0.1) is 0 Å². The molecule has 0 aliphatic rings. The van der Waals surface area contributed by atoms with E-state index in [1.807, 2.05) is 42.5 Å². The number of hydrogen-bond acceptors (Lipinski definition) is 4. The van der Waals surface area contributed by atoms with E-state index in [1.54, 1.807) is 23.9 Å². The van der Waals surface area contributed by atoms with Gasteiger partial charge >= 0.3 is 7.75 Å². The van der Waals surface area contributed by atoms with E-state index in [9.17, 15) is 4.57 Å². The number of ether oxygens (including phenoxy) is 1. The van der Waals surface area contributed by atoms with Crippen molar-refractivity contribution in [2.75, 3.05) is 27.3 Å². The summed E-state index contributed by atoms with van der Waals surface area (Å²) in [6.45, 7) is 2.88. The summed E-state index contributed by atoms with van der Waals surface area (Å²) in [7, 11) is -0.399. The van der Waals surface area contributed by atoms with E-state index in [2.05, 4.69) is 67.6 Å². The molecule has 0 aliphatic heterocycles. The number of allylic oxidation sites excluding steroid dienone is 1. The Kier molecular flexibility index (Phi) is 9.56. The summed E-state index contributed by atoms with van der Waals surface area (Å²) in [5, 5.41) is 0. The Bertz CT molecular complexity index is 1360. The van der Waals surface area contributed by atoms with Crippen LogP contribution in [0.25, 0.3) is 11.1 Å². The maximum Gasteiger partial charge on any atom is 0.460 e. The van der Waals surface area contributed by atoms with Crippen LogP contribution in [0.15, 0.2) is 115 Å². The molecular formula is C32H34NO4P. The van der Waals surface area contributed by atoms with Crippen molar-refractivity contribution in [2.24, 2.45) is 0 Å². The van der Waals surface area contributed by atoms with Gasteiger partial charge in [0.15, 0.2) is 0 Å². The standard InChI is InChI=1S/C32H34NO4P/c1-4-31(26-14-8-5-9-15-26)32(27-16-10-6-11-17-27)28-20-22-29(23-21-28)36-25-24-33(2)38(34,35-3)37-30-18-12-7-13-19-30/h5-23H,4,24-25H2,1-3H3. The average Bonchev–Trinajstić information content (AvgIpc) is 2.97. The second-order valence-electron chi connectivity index (χ2n) is 8.75. The molecule has 0 spiro atoms. The number of hydrogen-bond donors (Lipinski definition) is 0. The molecule has 196 valence electrons. The molecule has 4 aromatic carbocycles. The fourth-order valence-corrected chi connectivity index (χ4v) is 5.49. The fourth-order valence-electron chi connectivity index (χ4n) is 4.28. The molecule has 0 aromatic heterocycles. The lowest BCUT2D eigenvalue weighted by Crippen LogP contribution is -2.24. The molecule has 6 heteroatoms. The maximum atomic E-state index is 13.2. The number of likely N-dealkylation sites (N-methyl/N-ethyl adjacent to an activating group) is 1. The van der Waals surface area contributed by atoms with Crippen molar-refractivity contribution < 1.29 is 18.3 Å². The van der Waals surface area contributed by atoms with Gasteiger partial charge in [-0.1, -0.05) is 97.9 Å². The van der Waals surface area contributed by atoms with Gasteiger partial charge < -0.3 is 9.26 Å². The molecule has 0 bridgehead atoms. The molecule has 38 heavy (non-hydrogen) atoms. The van der Waals surface area contributed by atoms with E-state index in [4.69, 9.17) is 13.8 Å². The first-order valence-corrected chi connectivity index (χ1v) is 14.2. The Morgan fingerprint density at radius 2 is 1.24 bits per heavy atom. The van der Waals surface area contributed by atoms with Gasteiger partial charge in [0.1, 0.15) is 18.1 Å². The molecule has 0 aliphatic carbocycles. The number of rotatable bonds is 12. The van der Waals surface area contributed by atoms with Gasteiger partial charge in [0, 0.05) is 13.7 Å². The van der Waals surface area contributed by atoms with Crippen LogP contribution < -0.4 is 9.26 Å². The third-order valence-electron chi connectivity index (χ3n) is 6.28. The van der Waals surface area contributed by atoms with Crippen LogP contribution >= 0.6 is 7.75 Å². The van der Waals surface area contributed by atoms with Crippen LogP contribution in [-0.2, 0) is 9.09 Å². The third-order valence-corrected chi connectivity index (χ3v) is 8.22. The Labute approximate surface area is 225 Å². The molecule has 4 rings (SSSR count). The van der Waals surface area contributed by atoms with Gasteiger partial charge in [0.2, 0.25) is 0 Å². The zero-order valence-electron chi connectivity index (χ0n) is 22.1. The van der Waals surface area contributed by atoms with Crippen LogP contribution in [0.2, 0.25) is 0 Å². The fraction of sp³-hybridized carbons (Fsp3) is 0.188. The topological polar surface area (TPSA) is 48.0 Å². The Hall–Kier alpha value is -3.63. The summed E-state index contributed by atoms with van der Waals surface area (Å²) in [6, 6.07) is 38.2. The summed E-state index contributed by atoms with van der Waals surface area (Å²) in [6.07, 6.45) is 0.906. The van der Waals surface area contributed by atoms with Crippen molar-refractivity contribution in [3.05, 3.63) is 132 Å². The van der Waals surface area contributed by atoms with Gasteiger partial charge in [-0.2, -0.15) is 4.67 Å². The lowest BCUT2D eigenvalue weighted by atomic mass is 9.88. The van der Waals surface area contributed by atoms with Crippen molar-refractivity contribution >= 4 is 18.9 Å². The van der Waals surface area contributed by atoms with E-state index in [0.29, 0.717) is 18.9 Å². The predicted octanol–water partition coefficient (Wildman–Crippen LogP) is 8.20. The second-order valence-corrected chi connectivity index (χ2v) is 10.9. The van der Waals surface area contributed by atoms with E-state index >= 15 is 0 Å². The van der Waals surface area contributed by atoms with Crippen LogP contribution in [0.1, 0.15) is 30.0 Å². The summed E-state index contributed by atoms with van der Waals surface area (Å²) >= 11 is 0. The number of benzene rings is 4. The lowest BCUT2D eigenvalue weighted by molar-refractivity contribution is 0.229. The quantitative estimate of drug-likeness (QED) is 0.137. The molecule has 0 fully saturated rings. The molecule has 0 amide bonds. The highest BCUT2D eigenvalue weighted by Crippen LogP contribution is 2.49. The Morgan fingerprint density at radius 3 is 1.79 bits per heavy atom. The van der Waals surface area contributed by atoms with Crippen molar-refractivity contribution in [1.82, 2.24) is 4.67 Å².